The van der Waals surface area contributed by atoms with Crippen molar-refractivity contribution in [1.29, 1.82) is 0 Å². The molecule has 0 radical (unpaired) electrons. The molecule has 0 aromatic heterocycles. The average Bonchev–Trinajstić information content (AvgIpc) is 2.67. The fourth-order valence-corrected chi connectivity index (χ4v) is 5.13. The molecule has 1 aromatic carbocycles. The van der Waals surface area contributed by atoms with E-state index in [9.17, 15) is 8.78 Å². The standard InChI is InChI=1S/C23H34F2O2/c1-3-26-16-17-5-14-22(23(24,25)15-17)20-8-6-18(7-9-20)19-10-12-21(13-11-19)27-4-2/h10-13,17-18,20,22H,3-9,14-16H2,1-2H3. The average molecular weight is 381 g/mol. The van der Waals surface area contributed by atoms with E-state index < -0.39 is 11.8 Å². The second-order valence-corrected chi connectivity index (χ2v) is 8.29. The van der Waals surface area contributed by atoms with Crippen LogP contribution in [0.4, 0.5) is 8.78 Å². The quantitative estimate of drug-likeness (QED) is 0.541. The summed E-state index contributed by atoms with van der Waals surface area (Å²) in [7, 11) is 0. The van der Waals surface area contributed by atoms with Crippen LogP contribution in [0.3, 0.4) is 0 Å². The van der Waals surface area contributed by atoms with E-state index in [1.165, 1.54) is 5.56 Å². The van der Waals surface area contributed by atoms with Gasteiger partial charge in [-0.3, -0.25) is 0 Å². The third kappa shape index (κ3) is 5.22. The highest BCUT2D eigenvalue weighted by Crippen LogP contribution is 2.50. The summed E-state index contributed by atoms with van der Waals surface area (Å²) < 4.78 is 40.5. The van der Waals surface area contributed by atoms with Crippen molar-refractivity contribution in [3.05, 3.63) is 29.8 Å². The molecular formula is C23H34F2O2. The first-order chi connectivity index (χ1) is 13.0. The molecule has 1 aromatic rings. The molecule has 0 heterocycles. The van der Waals surface area contributed by atoms with Crippen LogP contribution in [0.1, 0.15) is 70.3 Å². The largest absolute Gasteiger partial charge is 0.494 e. The zero-order chi connectivity index (χ0) is 19.3. The second kappa shape index (κ2) is 9.36. The maximum Gasteiger partial charge on any atom is 0.251 e. The molecule has 0 bridgehead atoms. The van der Waals surface area contributed by atoms with Gasteiger partial charge in [-0.15, -0.1) is 0 Å². The molecule has 0 amide bonds. The predicted octanol–water partition coefficient (Wildman–Crippen LogP) is 6.45. The highest BCUT2D eigenvalue weighted by atomic mass is 19.3. The minimum Gasteiger partial charge on any atom is -0.494 e. The molecule has 0 N–H and O–H groups in total. The van der Waals surface area contributed by atoms with Crippen LogP contribution in [0.2, 0.25) is 0 Å². The third-order valence-corrected chi connectivity index (χ3v) is 6.55. The van der Waals surface area contributed by atoms with E-state index >= 15 is 0 Å². The molecule has 2 saturated carbocycles. The van der Waals surface area contributed by atoms with Crippen molar-refractivity contribution >= 4 is 0 Å². The van der Waals surface area contributed by atoms with Gasteiger partial charge < -0.3 is 9.47 Å². The van der Waals surface area contributed by atoms with Crippen molar-refractivity contribution in [3.63, 3.8) is 0 Å². The van der Waals surface area contributed by atoms with E-state index in [2.05, 4.69) is 12.1 Å². The summed E-state index contributed by atoms with van der Waals surface area (Å²) >= 11 is 0. The van der Waals surface area contributed by atoms with Gasteiger partial charge in [-0.05, 0) is 87.8 Å². The van der Waals surface area contributed by atoms with Gasteiger partial charge >= 0.3 is 0 Å². The molecule has 2 aliphatic carbocycles. The van der Waals surface area contributed by atoms with Crippen LogP contribution in [0.15, 0.2) is 24.3 Å². The Morgan fingerprint density at radius 2 is 1.63 bits per heavy atom. The van der Waals surface area contributed by atoms with Crippen LogP contribution >= 0.6 is 0 Å². The highest BCUT2D eigenvalue weighted by molar-refractivity contribution is 5.29. The second-order valence-electron chi connectivity index (χ2n) is 8.29. The normalized spacial score (nSPS) is 30.8. The molecule has 0 spiro atoms. The van der Waals surface area contributed by atoms with E-state index in [1.54, 1.807) is 0 Å². The molecular weight excluding hydrogens is 346 g/mol. The number of rotatable bonds is 7. The monoisotopic (exact) mass is 380 g/mol. The van der Waals surface area contributed by atoms with Crippen LogP contribution in [-0.2, 0) is 4.74 Å². The minimum atomic E-state index is -2.53. The SMILES string of the molecule is CCOCC1CCC(C2CCC(c3ccc(OCC)cc3)CC2)C(F)(F)C1. The number of benzene rings is 1. The summed E-state index contributed by atoms with van der Waals surface area (Å²) in [4.78, 5) is 0. The molecule has 152 valence electrons. The Labute approximate surface area is 162 Å². The lowest BCUT2D eigenvalue weighted by Crippen LogP contribution is -2.42. The topological polar surface area (TPSA) is 18.5 Å². The lowest BCUT2D eigenvalue weighted by atomic mass is 9.67. The van der Waals surface area contributed by atoms with Gasteiger partial charge in [0.05, 0.1) is 6.61 Å². The summed E-state index contributed by atoms with van der Waals surface area (Å²) in [5.74, 6) is -1.37. The number of hydrogen-bond donors (Lipinski definition) is 0. The molecule has 0 aliphatic heterocycles. The van der Waals surface area contributed by atoms with Crippen molar-refractivity contribution in [2.24, 2.45) is 17.8 Å². The number of hydrogen-bond acceptors (Lipinski definition) is 2. The molecule has 2 aliphatic rings. The van der Waals surface area contributed by atoms with Crippen LogP contribution < -0.4 is 4.74 Å². The Morgan fingerprint density at radius 1 is 0.926 bits per heavy atom. The zero-order valence-corrected chi connectivity index (χ0v) is 16.8. The summed E-state index contributed by atoms with van der Waals surface area (Å²) in [5, 5.41) is 0. The van der Waals surface area contributed by atoms with Gasteiger partial charge in [-0.1, -0.05) is 12.1 Å². The van der Waals surface area contributed by atoms with Crippen molar-refractivity contribution in [1.82, 2.24) is 0 Å². The van der Waals surface area contributed by atoms with E-state index in [4.69, 9.17) is 9.47 Å². The molecule has 27 heavy (non-hydrogen) atoms. The molecule has 2 fully saturated rings. The first kappa shape index (κ1) is 20.6. The molecule has 2 atom stereocenters. The fraction of sp³-hybridized carbons (Fsp3) is 0.739. The van der Waals surface area contributed by atoms with E-state index in [-0.39, 0.29) is 18.3 Å². The highest BCUT2D eigenvalue weighted by Gasteiger charge is 2.48. The van der Waals surface area contributed by atoms with Crippen molar-refractivity contribution < 1.29 is 18.3 Å². The minimum absolute atomic E-state index is 0.0104. The van der Waals surface area contributed by atoms with Crippen LogP contribution in [0.25, 0.3) is 0 Å². The van der Waals surface area contributed by atoms with Crippen LogP contribution in [-0.4, -0.2) is 25.7 Å². The zero-order valence-electron chi connectivity index (χ0n) is 16.8. The summed E-state index contributed by atoms with van der Waals surface area (Å²) in [5.41, 5.74) is 1.32. The molecule has 2 unspecified atom stereocenters. The summed E-state index contributed by atoms with van der Waals surface area (Å²) in [6, 6.07) is 8.34. The molecule has 3 rings (SSSR count). The summed E-state index contributed by atoms with van der Waals surface area (Å²) in [6.45, 7) is 5.68. The van der Waals surface area contributed by atoms with Crippen LogP contribution in [0.5, 0.6) is 5.75 Å². The van der Waals surface area contributed by atoms with Gasteiger partial charge in [0.15, 0.2) is 0 Å². The number of ether oxygens (including phenoxy) is 2. The van der Waals surface area contributed by atoms with Gasteiger partial charge in [0.1, 0.15) is 5.75 Å². The van der Waals surface area contributed by atoms with E-state index in [1.807, 2.05) is 26.0 Å². The van der Waals surface area contributed by atoms with Crippen molar-refractivity contribution in [2.75, 3.05) is 19.8 Å². The van der Waals surface area contributed by atoms with Crippen molar-refractivity contribution in [2.45, 2.75) is 70.6 Å². The predicted molar refractivity (Wildman–Crippen MR) is 105 cm³/mol. The Kier molecular flexibility index (Phi) is 7.13. The number of halogens is 2. The van der Waals surface area contributed by atoms with Gasteiger partial charge in [0, 0.05) is 25.6 Å². The maximum absolute atomic E-state index is 14.8. The molecule has 4 heteroatoms. The van der Waals surface area contributed by atoms with Crippen LogP contribution in [0, 0.1) is 17.8 Å². The first-order valence-corrected chi connectivity index (χ1v) is 10.7. The van der Waals surface area contributed by atoms with Gasteiger partial charge in [0.2, 0.25) is 0 Å². The number of alkyl halides is 2. The van der Waals surface area contributed by atoms with E-state index in [0.29, 0.717) is 32.2 Å². The maximum atomic E-state index is 14.8. The lowest BCUT2D eigenvalue weighted by Gasteiger charge is -2.42. The molecule has 2 nitrogen and oxygen atoms in total. The molecule has 0 saturated heterocycles. The first-order valence-electron chi connectivity index (χ1n) is 10.7. The third-order valence-electron chi connectivity index (χ3n) is 6.55. The van der Waals surface area contributed by atoms with Crippen molar-refractivity contribution in [3.8, 4) is 5.75 Å². The smallest absolute Gasteiger partial charge is 0.251 e. The van der Waals surface area contributed by atoms with E-state index in [0.717, 1.165) is 37.9 Å². The Hall–Kier alpha value is -1.16. The fourth-order valence-electron chi connectivity index (χ4n) is 5.13. The summed E-state index contributed by atoms with van der Waals surface area (Å²) in [6.07, 6.45) is 5.45. The lowest BCUT2D eigenvalue weighted by molar-refractivity contribution is -0.134. The Balaban J connectivity index is 1.52. The van der Waals surface area contributed by atoms with Gasteiger partial charge in [-0.25, -0.2) is 8.78 Å². The van der Waals surface area contributed by atoms with Gasteiger partial charge in [0.25, 0.3) is 5.92 Å². The Bertz CT molecular complexity index is 564. The Morgan fingerprint density at radius 3 is 2.22 bits per heavy atom. The van der Waals surface area contributed by atoms with Gasteiger partial charge in [-0.2, -0.15) is 0 Å².